The molecule has 0 spiro atoms. The summed E-state index contributed by atoms with van der Waals surface area (Å²) < 4.78 is 28.1. The van der Waals surface area contributed by atoms with Gasteiger partial charge in [0.05, 0.1) is 11.9 Å². The summed E-state index contributed by atoms with van der Waals surface area (Å²) in [6, 6.07) is 5.79. The fraction of sp³-hybridized carbons (Fsp3) is 0.667. The Morgan fingerprint density at radius 1 is 1.36 bits per heavy atom. The van der Waals surface area contributed by atoms with Gasteiger partial charge >= 0.3 is 0 Å². The molecule has 1 aromatic rings. The van der Waals surface area contributed by atoms with Crippen LogP contribution in [0.25, 0.3) is 0 Å². The molecule has 0 radical (unpaired) electrons. The van der Waals surface area contributed by atoms with E-state index in [1.165, 1.54) is 5.56 Å². The molecule has 2 bridgehead atoms. The molecule has 3 atom stereocenters. The molecule has 1 aliphatic heterocycles. The predicted octanol–water partition coefficient (Wildman–Crippen LogP) is 2.03. The number of nitrogens with one attached hydrogen (secondary N) is 1. The first kappa shape index (κ1) is 19.9. The van der Waals surface area contributed by atoms with Gasteiger partial charge in [-0.05, 0) is 47.8 Å². The van der Waals surface area contributed by atoms with Crippen molar-refractivity contribution in [3.8, 4) is 0 Å². The van der Waals surface area contributed by atoms with Crippen molar-refractivity contribution in [2.24, 2.45) is 16.7 Å². The summed E-state index contributed by atoms with van der Waals surface area (Å²) in [5.41, 5.74) is 1.98. The molecule has 1 aromatic carbocycles. The minimum atomic E-state index is -3.68. The van der Waals surface area contributed by atoms with Crippen LogP contribution in [0.3, 0.4) is 0 Å². The Balaban J connectivity index is 1.44. The van der Waals surface area contributed by atoms with E-state index in [1.807, 2.05) is 39.1 Å². The Labute approximate surface area is 167 Å². The normalized spacial score (nSPS) is 29.4. The van der Waals surface area contributed by atoms with E-state index < -0.39 is 21.5 Å². The molecule has 2 saturated carbocycles. The van der Waals surface area contributed by atoms with Crippen molar-refractivity contribution in [3.63, 3.8) is 0 Å². The van der Waals surface area contributed by atoms with Crippen LogP contribution in [0.15, 0.2) is 18.2 Å². The first-order valence-electron chi connectivity index (χ1n) is 10.1. The van der Waals surface area contributed by atoms with Gasteiger partial charge in [-0.15, -0.1) is 0 Å². The van der Waals surface area contributed by atoms with Crippen LogP contribution in [-0.4, -0.2) is 45.2 Å². The molecule has 3 unspecified atom stereocenters. The Hall–Kier alpha value is -1.44. The first-order chi connectivity index (χ1) is 13.1. The maximum Gasteiger partial charge on any atom is 0.212 e. The van der Waals surface area contributed by atoms with Crippen LogP contribution < -0.4 is 9.62 Å². The largest absolute Gasteiger partial charge is 0.387 e. The number of aliphatic hydroxyl groups excluding tert-OH is 1. The van der Waals surface area contributed by atoms with E-state index in [2.05, 4.69) is 9.62 Å². The number of Topliss-reactive ketones (excluding diaryl/α,β-unsaturated/α-hetero) is 1. The maximum atomic E-state index is 12.8. The summed E-state index contributed by atoms with van der Waals surface area (Å²) in [6.07, 6.45) is 2.08. The number of nitrogens with zero attached hydrogens (tertiary/aromatic N) is 1. The van der Waals surface area contributed by atoms with Gasteiger partial charge in [0.1, 0.15) is 5.78 Å². The van der Waals surface area contributed by atoms with Gasteiger partial charge in [0.15, 0.2) is 0 Å². The van der Waals surface area contributed by atoms with E-state index in [-0.39, 0.29) is 29.4 Å². The first-order valence-corrected chi connectivity index (χ1v) is 11.7. The van der Waals surface area contributed by atoms with Crippen molar-refractivity contribution in [2.45, 2.75) is 45.6 Å². The quantitative estimate of drug-likeness (QED) is 0.755. The monoisotopic (exact) mass is 406 g/mol. The molecular weight excluding hydrogens is 376 g/mol. The second-order valence-corrected chi connectivity index (χ2v) is 11.2. The van der Waals surface area contributed by atoms with E-state index in [0.717, 1.165) is 25.1 Å². The summed E-state index contributed by atoms with van der Waals surface area (Å²) in [5.74, 6) is 0.192. The third kappa shape index (κ3) is 2.99. The zero-order valence-corrected chi connectivity index (χ0v) is 17.7. The van der Waals surface area contributed by atoms with E-state index in [9.17, 15) is 18.3 Å². The van der Waals surface area contributed by atoms with Crippen LogP contribution >= 0.6 is 0 Å². The van der Waals surface area contributed by atoms with Gasteiger partial charge in [0, 0.05) is 37.7 Å². The summed E-state index contributed by atoms with van der Waals surface area (Å²) in [7, 11) is -1.64. The van der Waals surface area contributed by atoms with Gasteiger partial charge in [0.2, 0.25) is 10.0 Å². The average Bonchev–Trinajstić information content (AvgIpc) is 3.17. The van der Waals surface area contributed by atoms with E-state index in [1.54, 1.807) is 0 Å². The Bertz CT molecular complexity index is 911. The number of hydrogen-bond donors (Lipinski definition) is 2. The Morgan fingerprint density at radius 2 is 2.11 bits per heavy atom. The van der Waals surface area contributed by atoms with Crippen LogP contribution in [0, 0.1) is 16.7 Å². The number of likely N-dealkylation sites (N-methyl/N-ethyl adjacent to an activating group) is 1. The number of benzene rings is 1. The second-order valence-electron chi connectivity index (χ2n) is 9.35. The molecule has 154 valence electrons. The van der Waals surface area contributed by atoms with Gasteiger partial charge < -0.3 is 10.0 Å². The van der Waals surface area contributed by atoms with Gasteiger partial charge in [-0.2, -0.15) is 0 Å². The van der Waals surface area contributed by atoms with Crippen molar-refractivity contribution in [1.82, 2.24) is 4.72 Å². The highest BCUT2D eigenvalue weighted by molar-refractivity contribution is 7.89. The van der Waals surface area contributed by atoms with Gasteiger partial charge in [-0.25, -0.2) is 13.1 Å². The lowest BCUT2D eigenvalue weighted by Crippen LogP contribution is -2.45. The fourth-order valence-corrected chi connectivity index (χ4v) is 7.44. The van der Waals surface area contributed by atoms with Crippen LogP contribution in [0.2, 0.25) is 0 Å². The molecule has 0 aromatic heterocycles. The minimum Gasteiger partial charge on any atom is -0.387 e. The number of rotatable bonds is 6. The standard InChI is InChI=1S/C21H30N2O4S/c1-20(2)16-6-8-21(20,19(25)11-16)13-28(26,27)22-12-18(24)15-4-5-17-14(10-15)7-9-23(17)3/h4-5,10,16,18,22,24H,6-9,11-13H2,1-3H3. The number of fused-ring (bicyclic) bond motifs is 3. The third-order valence-corrected chi connectivity index (χ3v) is 9.17. The van der Waals surface area contributed by atoms with Crippen molar-refractivity contribution in [2.75, 3.05) is 30.8 Å². The number of aliphatic hydroxyl groups is 1. The molecule has 3 aliphatic rings. The molecular formula is C21H30N2O4S. The number of anilines is 1. The zero-order chi connectivity index (χ0) is 20.3. The highest BCUT2D eigenvalue weighted by atomic mass is 32.2. The van der Waals surface area contributed by atoms with Crippen LogP contribution in [-0.2, 0) is 21.2 Å². The maximum absolute atomic E-state index is 12.8. The van der Waals surface area contributed by atoms with Gasteiger partial charge in [-0.1, -0.05) is 26.0 Å². The molecule has 0 amide bonds. The Morgan fingerprint density at radius 3 is 2.75 bits per heavy atom. The van der Waals surface area contributed by atoms with Crippen LogP contribution in [0.1, 0.15) is 50.3 Å². The summed E-state index contributed by atoms with van der Waals surface area (Å²) in [4.78, 5) is 14.8. The van der Waals surface area contributed by atoms with E-state index >= 15 is 0 Å². The topological polar surface area (TPSA) is 86.7 Å². The number of carbonyl (C=O) groups excluding carboxylic acids is 1. The number of sulfonamides is 1. The van der Waals surface area contributed by atoms with Crippen molar-refractivity contribution in [3.05, 3.63) is 29.3 Å². The summed E-state index contributed by atoms with van der Waals surface area (Å²) in [5, 5.41) is 10.5. The predicted molar refractivity (Wildman–Crippen MR) is 109 cm³/mol. The lowest BCUT2D eigenvalue weighted by molar-refractivity contribution is -0.128. The van der Waals surface area contributed by atoms with Crippen molar-refractivity contribution >= 4 is 21.5 Å². The summed E-state index contributed by atoms with van der Waals surface area (Å²) in [6.45, 7) is 4.93. The molecule has 2 aliphatic carbocycles. The fourth-order valence-electron chi connectivity index (χ4n) is 5.60. The molecule has 7 heteroatoms. The van der Waals surface area contributed by atoms with E-state index in [4.69, 9.17) is 0 Å². The highest BCUT2D eigenvalue weighted by Crippen LogP contribution is 2.64. The molecule has 28 heavy (non-hydrogen) atoms. The van der Waals surface area contributed by atoms with E-state index in [0.29, 0.717) is 18.4 Å². The van der Waals surface area contributed by atoms with Crippen molar-refractivity contribution in [1.29, 1.82) is 0 Å². The Kier molecular flexibility index (Phi) is 4.64. The lowest BCUT2D eigenvalue weighted by Gasteiger charge is -2.36. The number of ketones is 1. The molecule has 1 heterocycles. The van der Waals surface area contributed by atoms with Crippen LogP contribution in [0.5, 0.6) is 0 Å². The molecule has 2 N–H and O–H groups in total. The number of hydrogen-bond acceptors (Lipinski definition) is 5. The molecule has 4 rings (SSSR count). The van der Waals surface area contributed by atoms with Gasteiger partial charge in [-0.3, -0.25) is 4.79 Å². The van der Waals surface area contributed by atoms with Crippen molar-refractivity contribution < 1.29 is 18.3 Å². The second kappa shape index (κ2) is 6.54. The zero-order valence-electron chi connectivity index (χ0n) is 16.9. The minimum absolute atomic E-state index is 0.0783. The molecule has 6 nitrogen and oxygen atoms in total. The smallest absolute Gasteiger partial charge is 0.212 e. The molecule has 0 saturated heterocycles. The summed E-state index contributed by atoms with van der Waals surface area (Å²) >= 11 is 0. The highest BCUT2D eigenvalue weighted by Gasteiger charge is 2.65. The average molecular weight is 407 g/mol. The van der Waals surface area contributed by atoms with Crippen LogP contribution in [0.4, 0.5) is 5.69 Å². The van der Waals surface area contributed by atoms with Gasteiger partial charge in [0.25, 0.3) is 0 Å². The third-order valence-electron chi connectivity index (χ3n) is 7.69. The molecule has 2 fully saturated rings. The SMILES string of the molecule is CN1CCc2cc(C(O)CNS(=O)(=O)CC34CCC(CC3=O)C4(C)C)ccc21. The number of carbonyl (C=O) groups is 1. The lowest BCUT2D eigenvalue weighted by atomic mass is 9.70.